The van der Waals surface area contributed by atoms with Crippen molar-refractivity contribution in [1.29, 1.82) is 0 Å². The first-order chi connectivity index (χ1) is 14.6. The first-order valence-electron chi connectivity index (χ1n) is 10.5. The van der Waals surface area contributed by atoms with Gasteiger partial charge in [0, 0.05) is 37.3 Å². The van der Waals surface area contributed by atoms with Gasteiger partial charge in [0.25, 0.3) is 5.91 Å². The normalized spacial score (nSPS) is 19.1. The van der Waals surface area contributed by atoms with Crippen molar-refractivity contribution in [3.63, 3.8) is 0 Å². The first-order valence-corrected chi connectivity index (χ1v) is 10.5. The summed E-state index contributed by atoms with van der Waals surface area (Å²) in [6, 6.07) is 3.70. The van der Waals surface area contributed by atoms with Gasteiger partial charge in [-0.05, 0) is 45.6 Å². The van der Waals surface area contributed by atoms with Crippen molar-refractivity contribution in [3.05, 3.63) is 47.3 Å². The van der Waals surface area contributed by atoms with Gasteiger partial charge in [0.1, 0.15) is 11.5 Å². The molecule has 1 unspecified atom stereocenters. The largest absolute Gasteiger partial charge is 0.465 e. The molecule has 1 N–H and O–H groups in total. The van der Waals surface area contributed by atoms with Crippen molar-refractivity contribution in [2.45, 2.75) is 51.5 Å². The van der Waals surface area contributed by atoms with Crippen molar-refractivity contribution in [1.82, 2.24) is 20.4 Å². The van der Waals surface area contributed by atoms with E-state index in [2.05, 4.69) is 25.3 Å². The van der Waals surface area contributed by atoms with Crippen LogP contribution in [0.4, 0.5) is 5.95 Å². The maximum Gasteiger partial charge on any atom is 0.255 e. The number of aromatic nitrogens is 3. The number of nitrogens with one attached hydrogen (secondary N) is 1. The van der Waals surface area contributed by atoms with E-state index in [1.54, 1.807) is 18.5 Å². The predicted octanol–water partition coefficient (Wildman–Crippen LogP) is 3.62. The lowest BCUT2D eigenvalue weighted by Gasteiger charge is -2.33. The van der Waals surface area contributed by atoms with Gasteiger partial charge < -0.3 is 19.2 Å². The summed E-state index contributed by atoms with van der Waals surface area (Å²) < 4.78 is 11.0. The summed E-state index contributed by atoms with van der Waals surface area (Å²) in [4.78, 5) is 24.3. The van der Waals surface area contributed by atoms with Gasteiger partial charge in [0.15, 0.2) is 5.76 Å². The zero-order valence-corrected chi connectivity index (χ0v) is 17.2. The van der Waals surface area contributed by atoms with Gasteiger partial charge in [-0.25, -0.2) is 9.97 Å². The van der Waals surface area contributed by atoms with E-state index in [0.717, 1.165) is 55.0 Å². The number of rotatable bonds is 5. The summed E-state index contributed by atoms with van der Waals surface area (Å²) in [7, 11) is 0. The van der Waals surface area contributed by atoms with Crippen molar-refractivity contribution in [2.24, 2.45) is 0 Å². The zero-order valence-electron chi connectivity index (χ0n) is 17.2. The summed E-state index contributed by atoms with van der Waals surface area (Å²) in [5.41, 5.74) is 2.36. The lowest BCUT2D eigenvalue weighted by atomic mass is 10.0. The summed E-state index contributed by atoms with van der Waals surface area (Å²) in [6.07, 6.45) is 7.49. The first kappa shape index (κ1) is 18.8. The molecule has 1 aliphatic heterocycles. The molecule has 1 aliphatic carbocycles. The van der Waals surface area contributed by atoms with Crippen LogP contribution < -0.4 is 10.2 Å². The Labute approximate surface area is 174 Å². The molecule has 5 rings (SSSR count). The fourth-order valence-electron chi connectivity index (χ4n) is 4.10. The number of carbonyl (C=O) groups excluding carboxylic acids is 1. The Kier molecular flexibility index (Phi) is 4.77. The van der Waals surface area contributed by atoms with Crippen molar-refractivity contribution >= 4 is 11.9 Å². The van der Waals surface area contributed by atoms with E-state index in [4.69, 9.17) is 8.94 Å². The summed E-state index contributed by atoms with van der Waals surface area (Å²) >= 11 is 0. The highest BCUT2D eigenvalue weighted by atomic mass is 16.5. The molecule has 3 aromatic heterocycles. The molecule has 156 valence electrons. The molecule has 8 heteroatoms. The Bertz CT molecular complexity index is 1050. The van der Waals surface area contributed by atoms with Crippen LogP contribution in [0.15, 0.2) is 33.5 Å². The van der Waals surface area contributed by atoms with Crippen molar-refractivity contribution in [3.8, 4) is 11.3 Å². The van der Waals surface area contributed by atoms with E-state index in [0.29, 0.717) is 29.7 Å². The van der Waals surface area contributed by atoms with Crippen LogP contribution in [0.3, 0.4) is 0 Å². The molecule has 2 fully saturated rings. The minimum atomic E-state index is -0.0432. The molecule has 0 spiro atoms. The summed E-state index contributed by atoms with van der Waals surface area (Å²) in [5.74, 6) is 3.33. The van der Waals surface area contributed by atoms with Crippen LogP contribution in [0.5, 0.6) is 0 Å². The molecule has 1 atom stereocenters. The number of furan rings is 1. The van der Waals surface area contributed by atoms with Crippen LogP contribution in [0.2, 0.25) is 0 Å². The van der Waals surface area contributed by atoms with Crippen molar-refractivity contribution in [2.75, 3.05) is 18.0 Å². The topological polar surface area (TPSA) is 97.3 Å². The van der Waals surface area contributed by atoms with Crippen LogP contribution in [0, 0.1) is 13.8 Å². The summed E-state index contributed by atoms with van der Waals surface area (Å²) in [5, 5.41) is 6.95. The minimum absolute atomic E-state index is 0.0432. The molecule has 0 bridgehead atoms. The quantitative estimate of drug-likeness (QED) is 0.690. The molecule has 1 saturated heterocycles. The third-order valence-electron chi connectivity index (χ3n) is 5.79. The van der Waals surface area contributed by atoms with E-state index >= 15 is 0 Å². The Morgan fingerprint density at radius 1 is 1.27 bits per heavy atom. The van der Waals surface area contributed by atoms with Crippen LogP contribution >= 0.6 is 0 Å². The molecule has 1 saturated carbocycles. The van der Waals surface area contributed by atoms with Crippen LogP contribution in [0.1, 0.15) is 59.2 Å². The number of aryl methyl sites for hydroxylation is 2. The molecule has 4 heterocycles. The number of amides is 1. The van der Waals surface area contributed by atoms with Gasteiger partial charge in [-0.3, -0.25) is 4.79 Å². The smallest absolute Gasteiger partial charge is 0.255 e. The Morgan fingerprint density at radius 2 is 2.13 bits per heavy atom. The monoisotopic (exact) mass is 407 g/mol. The Hall–Kier alpha value is -3.16. The number of anilines is 1. The second kappa shape index (κ2) is 7.59. The second-order valence-electron chi connectivity index (χ2n) is 8.21. The fraction of sp³-hybridized carbons (Fsp3) is 0.455. The lowest BCUT2D eigenvalue weighted by Crippen LogP contribution is -2.48. The van der Waals surface area contributed by atoms with Crippen molar-refractivity contribution < 1.29 is 13.7 Å². The van der Waals surface area contributed by atoms with Gasteiger partial charge >= 0.3 is 0 Å². The highest BCUT2D eigenvalue weighted by Gasteiger charge is 2.33. The highest BCUT2D eigenvalue weighted by molar-refractivity contribution is 5.95. The second-order valence-corrected chi connectivity index (χ2v) is 8.21. The molecule has 0 radical (unpaired) electrons. The third kappa shape index (κ3) is 3.69. The lowest BCUT2D eigenvalue weighted by molar-refractivity contribution is 0.0931. The standard InChI is InChI=1S/C22H25N5O3/c1-13-10-17(20(29-13)15-5-6-15)21(28)26-16-4-3-9-27(12-16)22-23-11-18(14(2)25-22)19-7-8-24-30-19/h7-8,10-11,15-16H,3-6,9,12H2,1-2H3,(H,26,28). The molecule has 0 aromatic carbocycles. The molecular weight excluding hydrogens is 382 g/mol. The predicted molar refractivity (Wildman–Crippen MR) is 110 cm³/mol. The van der Waals surface area contributed by atoms with E-state index in [9.17, 15) is 4.79 Å². The SMILES string of the molecule is Cc1cc(C(=O)NC2CCCN(c3ncc(-c4ccno4)c(C)n3)C2)c(C2CC2)o1. The zero-order chi connectivity index (χ0) is 20.7. The van der Waals surface area contributed by atoms with Gasteiger partial charge in [-0.2, -0.15) is 0 Å². The number of hydrogen-bond acceptors (Lipinski definition) is 7. The number of carbonyl (C=O) groups is 1. The average Bonchev–Trinajstić information content (AvgIpc) is 3.28. The molecule has 1 amide bonds. The van der Waals surface area contributed by atoms with E-state index in [1.807, 2.05) is 19.9 Å². The van der Waals surface area contributed by atoms with Gasteiger partial charge in [-0.1, -0.05) is 5.16 Å². The maximum atomic E-state index is 12.9. The minimum Gasteiger partial charge on any atom is -0.465 e. The number of hydrogen-bond donors (Lipinski definition) is 1. The van der Waals surface area contributed by atoms with Gasteiger partial charge in [-0.15, -0.1) is 0 Å². The molecule has 2 aliphatic rings. The van der Waals surface area contributed by atoms with Crippen LogP contribution in [-0.2, 0) is 0 Å². The van der Waals surface area contributed by atoms with Gasteiger partial charge in [0.05, 0.1) is 23.0 Å². The summed E-state index contributed by atoms with van der Waals surface area (Å²) in [6.45, 7) is 5.38. The average molecular weight is 407 g/mol. The van der Waals surface area contributed by atoms with Gasteiger partial charge in [0.2, 0.25) is 5.95 Å². The van der Waals surface area contributed by atoms with E-state index < -0.39 is 0 Å². The van der Waals surface area contributed by atoms with E-state index in [1.165, 1.54) is 0 Å². The molecular formula is C22H25N5O3. The highest BCUT2D eigenvalue weighted by Crippen LogP contribution is 2.42. The fourth-order valence-corrected chi connectivity index (χ4v) is 4.10. The third-order valence-corrected chi connectivity index (χ3v) is 5.79. The Morgan fingerprint density at radius 3 is 2.87 bits per heavy atom. The number of nitrogens with zero attached hydrogens (tertiary/aromatic N) is 4. The Balaban J connectivity index is 1.28. The molecule has 30 heavy (non-hydrogen) atoms. The number of piperidine rings is 1. The molecule has 8 nitrogen and oxygen atoms in total. The van der Waals surface area contributed by atoms with E-state index in [-0.39, 0.29) is 11.9 Å². The maximum absolute atomic E-state index is 12.9. The van der Waals surface area contributed by atoms with Crippen LogP contribution in [0.25, 0.3) is 11.3 Å². The van der Waals surface area contributed by atoms with Crippen LogP contribution in [-0.4, -0.2) is 40.2 Å². The molecule has 3 aromatic rings.